The molecule has 7 nitrogen and oxygen atoms in total. The van der Waals surface area contributed by atoms with Crippen LogP contribution >= 0.6 is 15.9 Å². The SMILES string of the molecule is COC(=O)c1ccc(NC(=O)c2cc(OC)c(OC)cc2Br)o1. The minimum atomic E-state index is -0.627. The Morgan fingerprint density at radius 1 is 1.09 bits per heavy atom. The van der Waals surface area contributed by atoms with Gasteiger partial charge in [-0.2, -0.15) is 0 Å². The number of rotatable bonds is 5. The fourth-order valence-electron chi connectivity index (χ4n) is 1.82. The van der Waals surface area contributed by atoms with Crippen molar-refractivity contribution in [2.45, 2.75) is 0 Å². The second-order valence-electron chi connectivity index (χ2n) is 4.30. The number of ether oxygens (including phenoxy) is 3. The molecule has 1 N–H and O–H groups in total. The predicted molar refractivity (Wildman–Crippen MR) is 85.2 cm³/mol. The van der Waals surface area contributed by atoms with Gasteiger partial charge in [-0.25, -0.2) is 4.79 Å². The van der Waals surface area contributed by atoms with Crippen molar-refractivity contribution in [3.8, 4) is 11.5 Å². The van der Waals surface area contributed by atoms with E-state index < -0.39 is 11.9 Å². The molecule has 23 heavy (non-hydrogen) atoms. The molecule has 0 bridgehead atoms. The van der Waals surface area contributed by atoms with Crippen LogP contribution in [0.2, 0.25) is 0 Å². The van der Waals surface area contributed by atoms with Crippen molar-refractivity contribution in [1.29, 1.82) is 0 Å². The Labute approximate surface area is 140 Å². The Morgan fingerprint density at radius 3 is 2.35 bits per heavy atom. The molecule has 0 aliphatic heterocycles. The number of nitrogens with one attached hydrogen (secondary N) is 1. The van der Waals surface area contributed by atoms with E-state index in [1.165, 1.54) is 39.5 Å². The lowest BCUT2D eigenvalue weighted by Gasteiger charge is -2.11. The topological polar surface area (TPSA) is 87.0 Å². The third-order valence-electron chi connectivity index (χ3n) is 2.95. The lowest BCUT2D eigenvalue weighted by Crippen LogP contribution is -2.12. The molecule has 0 saturated heterocycles. The molecule has 1 amide bonds. The lowest BCUT2D eigenvalue weighted by atomic mass is 10.2. The highest BCUT2D eigenvalue weighted by Gasteiger charge is 2.18. The molecule has 1 heterocycles. The molecule has 0 unspecified atom stereocenters. The van der Waals surface area contributed by atoms with E-state index in [0.717, 1.165) is 0 Å². The first-order valence-electron chi connectivity index (χ1n) is 6.41. The number of hydrogen-bond acceptors (Lipinski definition) is 6. The van der Waals surface area contributed by atoms with Crippen LogP contribution in [0.4, 0.5) is 5.88 Å². The maximum atomic E-state index is 12.3. The van der Waals surface area contributed by atoms with Crippen molar-refractivity contribution < 1.29 is 28.2 Å². The molecule has 0 saturated carbocycles. The monoisotopic (exact) mass is 383 g/mol. The normalized spacial score (nSPS) is 10.1. The summed E-state index contributed by atoms with van der Waals surface area (Å²) in [6.45, 7) is 0. The van der Waals surface area contributed by atoms with E-state index in [-0.39, 0.29) is 11.6 Å². The zero-order valence-electron chi connectivity index (χ0n) is 12.6. The lowest BCUT2D eigenvalue weighted by molar-refractivity contribution is 0.0565. The van der Waals surface area contributed by atoms with Crippen molar-refractivity contribution in [1.82, 2.24) is 0 Å². The zero-order valence-corrected chi connectivity index (χ0v) is 14.2. The van der Waals surface area contributed by atoms with Crippen LogP contribution in [-0.4, -0.2) is 33.2 Å². The molecule has 1 aromatic heterocycles. The molecule has 0 aliphatic carbocycles. The van der Waals surface area contributed by atoms with Gasteiger partial charge in [0.1, 0.15) is 0 Å². The Hall–Kier alpha value is -2.48. The van der Waals surface area contributed by atoms with E-state index >= 15 is 0 Å². The van der Waals surface area contributed by atoms with Crippen LogP contribution in [0.1, 0.15) is 20.9 Å². The summed E-state index contributed by atoms with van der Waals surface area (Å²) in [7, 11) is 4.22. The summed E-state index contributed by atoms with van der Waals surface area (Å²) in [5.74, 6) is -0.0508. The number of furan rings is 1. The maximum absolute atomic E-state index is 12.3. The summed E-state index contributed by atoms with van der Waals surface area (Å²) < 4.78 is 20.6. The molecule has 0 spiro atoms. The third-order valence-corrected chi connectivity index (χ3v) is 3.60. The number of benzene rings is 1. The number of halogens is 1. The minimum Gasteiger partial charge on any atom is -0.493 e. The van der Waals surface area contributed by atoms with Crippen LogP contribution in [0.3, 0.4) is 0 Å². The molecule has 1 aromatic carbocycles. The molecule has 0 aliphatic rings. The fraction of sp³-hybridized carbons (Fsp3) is 0.200. The summed E-state index contributed by atoms with van der Waals surface area (Å²) in [5.41, 5.74) is 0.318. The first-order chi connectivity index (χ1) is 11.0. The number of carbonyl (C=O) groups excluding carboxylic acids is 2. The quantitative estimate of drug-likeness (QED) is 0.798. The smallest absolute Gasteiger partial charge is 0.374 e. The van der Waals surface area contributed by atoms with E-state index in [1.54, 1.807) is 6.07 Å². The largest absolute Gasteiger partial charge is 0.493 e. The molecular formula is C15H14BrNO6. The summed E-state index contributed by atoms with van der Waals surface area (Å²) in [4.78, 5) is 23.7. The van der Waals surface area contributed by atoms with E-state index in [4.69, 9.17) is 13.9 Å². The summed E-state index contributed by atoms with van der Waals surface area (Å²) in [6.07, 6.45) is 0. The van der Waals surface area contributed by atoms with Crippen molar-refractivity contribution >= 4 is 33.7 Å². The average Bonchev–Trinajstić information content (AvgIpc) is 3.01. The Bertz CT molecular complexity index is 740. The van der Waals surface area contributed by atoms with Crippen LogP contribution in [0.15, 0.2) is 33.2 Å². The van der Waals surface area contributed by atoms with Gasteiger partial charge in [0.15, 0.2) is 11.5 Å². The van der Waals surface area contributed by atoms with E-state index in [0.29, 0.717) is 21.5 Å². The van der Waals surface area contributed by atoms with Gasteiger partial charge >= 0.3 is 5.97 Å². The van der Waals surface area contributed by atoms with Gasteiger partial charge in [0.25, 0.3) is 5.91 Å². The number of carbonyl (C=O) groups is 2. The van der Waals surface area contributed by atoms with Gasteiger partial charge in [-0.3, -0.25) is 10.1 Å². The highest BCUT2D eigenvalue weighted by Crippen LogP contribution is 2.33. The number of amides is 1. The second-order valence-corrected chi connectivity index (χ2v) is 5.15. The highest BCUT2D eigenvalue weighted by atomic mass is 79.9. The van der Waals surface area contributed by atoms with Gasteiger partial charge in [-0.15, -0.1) is 0 Å². The van der Waals surface area contributed by atoms with Crippen LogP contribution in [-0.2, 0) is 4.74 Å². The zero-order chi connectivity index (χ0) is 17.0. The molecule has 0 atom stereocenters. The predicted octanol–water partition coefficient (Wildman–Crippen LogP) is 3.10. The summed E-state index contributed by atoms with van der Waals surface area (Å²) >= 11 is 3.30. The minimum absolute atomic E-state index is 0.00539. The molecule has 2 rings (SSSR count). The number of methoxy groups -OCH3 is 3. The molecule has 0 radical (unpaired) electrons. The third kappa shape index (κ3) is 3.65. The summed E-state index contributed by atoms with van der Waals surface area (Å²) in [5, 5.41) is 2.55. The first-order valence-corrected chi connectivity index (χ1v) is 7.20. The Balaban J connectivity index is 2.24. The van der Waals surface area contributed by atoms with E-state index in [2.05, 4.69) is 26.0 Å². The number of anilines is 1. The van der Waals surface area contributed by atoms with Crippen LogP contribution in [0.25, 0.3) is 0 Å². The van der Waals surface area contributed by atoms with Gasteiger partial charge in [-0.05, 0) is 34.1 Å². The Kier molecular flexibility index (Phi) is 5.28. The van der Waals surface area contributed by atoms with Gasteiger partial charge in [0.05, 0.1) is 26.9 Å². The maximum Gasteiger partial charge on any atom is 0.374 e. The standard InChI is InChI=1S/C15H14BrNO6/c1-20-11-6-8(9(16)7-12(11)21-2)14(18)17-13-5-4-10(23-13)15(19)22-3/h4-7H,1-3H3,(H,17,18). The van der Waals surface area contributed by atoms with Crippen LogP contribution in [0, 0.1) is 0 Å². The van der Waals surface area contributed by atoms with Crippen molar-refractivity contribution in [3.05, 3.63) is 40.1 Å². The van der Waals surface area contributed by atoms with Crippen molar-refractivity contribution in [2.75, 3.05) is 26.6 Å². The average molecular weight is 384 g/mol. The molecule has 8 heteroatoms. The van der Waals surface area contributed by atoms with Crippen molar-refractivity contribution in [3.63, 3.8) is 0 Å². The number of hydrogen-bond donors (Lipinski definition) is 1. The highest BCUT2D eigenvalue weighted by molar-refractivity contribution is 9.10. The van der Waals surface area contributed by atoms with Crippen LogP contribution in [0.5, 0.6) is 11.5 Å². The summed E-state index contributed by atoms with van der Waals surface area (Å²) in [6, 6.07) is 6.02. The second kappa shape index (κ2) is 7.19. The first kappa shape index (κ1) is 16.9. The molecule has 122 valence electrons. The molecular weight excluding hydrogens is 370 g/mol. The van der Waals surface area contributed by atoms with Gasteiger partial charge in [-0.1, -0.05) is 0 Å². The van der Waals surface area contributed by atoms with Gasteiger partial charge < -0.3 is 18.6 Å². The van der Waals surface area contributed by atoms with Crippen molar-refractivity contribution in [2.24, 2.45) is 0 Å². The van der Waals surface area contributed by atoms with E-state index in [9.17, 15) is 9.59 Å². The number of esters is 1. The van der Waals surface area contributed by atoms with E-state index in [1.807, 2.05) is 0 Å². The molecule has 2 aromatic rings. The molecule has 0 fully saturated rings. The fourth-order valence-corrected chi connectivity index (χ4v) is 2.33. The van der Waals surface area contributed by atoms with Gasteiger partial charge in [0.2, 0.25) is 11.6 Å². The van der Waals surface area contributed by atoms with Crippen LogP contribution < -0.4 is 14.8 Å². The van der Waals surface area contributed by atoms with Gasteiger partial charge in [0, 0.05) is 10.5 Å². The Morgan fingerprint density at radius 2 is 1.74 bits per heavy atom.